The fraction of sp³-hybridized carbons (Fsp3) is 0.633. The molecule has 70 heavy (non-hydrogen) atoms. The van der Waals surface area contributed by atoms with Gasteiger partial charge in [-0.2, -0.15) is 0 Å². The van der Waals surface area contributed by atoms with E-state index in [1.807, 2.05) is 12.4 Å². The number of aryl methyl sites for hydroxylation is 2. The summed E-state index contributed by atoms with van der Waals surface area (Å²) in [6.45, 7) is 37.6. The summed E-state index contributed by atoms with van der Waals surface area (Å²) in [5, 5.41) is 23.8. The van der Waals surface area contributed by atoms with Crippen molar-refractivity contribution >= 4 is 35.7 Å². The van der Waals surface area contributed by atoms with E-state index in [2.05, 4.69) is 162 Å². The maximum absolute atomic E-state index is 11.9. The SMILES string of the molecule is C[N+]1=C2N(CCCCc3cc(N=Cc4cc(C(C)(C)C)cc(C(C)(C)C)c4O)c(N=Cc4cc(C(C)(C)C)cc(C(C)(C)C)c4O)cc3CCCCN3CCCN4CCC[N+](C)=C34)CCCN2CCC1. The average molecular weight is 957 g/mol. The Morgan fingerprint density at radius 1 is 0.486 bits per heavy atom. The first kappa shape index (κ1) is 53.0. The fourth-order valence-electron chi connectivity index (χ4n) is 11.1. The van der Waals surface area contributed by atoms with Gasteiger partial charge in [0.1, 0.15) is 11.5 Å². The molecular weight excluding hydrogens is 865 g/mol. The Kier molecular flexibility index (Phi) is 16.2. The first-order valence-corrected chi connectivity index (χ1v) is 27.1. The molecule has 382 valence electrons. The molecule has 0 amide bonds. The normalized spacial score (nSPS) is 17.7. The number of rotatable bonds is 14. The number of phenols is 2. The molecule has 4 aliphatic rings. The van der Waals surface area contributed by atoms with E-state index in [1.165, 1.54) is 74.9 Å². The molecule has 0 aromatic heterocycles. The summed E-state index contributed by atoms with van der Waals surface area (Å²) >= 11 is 0. The van der Waals surface area contributed by atoms with E-state index in [-0.39, 0.29) is 33.2 Å². The molecule has 2 saturated heterocycles. The Balaban J connectivity index is 1.28. The zero-order valence-corrected chi connectivity index (χ0v) is 46.2. The predicted octanol–water partition coefficient (Wildman–Crippen LogP) is 11.3. The number of aliphatic imine (C=N–C) groups is 2. The number of benzene rings is 3. The summed E-state index contributed by atoms with van der Waals surface area (Å²) < 4.78 is 4.94. The van der Waals surface area contributed by atoms with E-state index in [0.29, 0.717) is 11.1 Å². The minimum atomic E-state index is -0.260. The van der Waals surface area contributed by atoms with E-state index in [4.69, 9.17) is 9.98 Å². The van der Waals surface area contributed by atoms with Gasteiger partial charge in [-0.25, -0.2) is 0 Å². The number of nitrogens with zero attached hydrogens (tertiary/aromatic N) is 8. The van der Waals surface area contributed by atoms with Crippen LogP contribution in [0.15, 0.2) is 46.4 Å². The minimum Gasteiger partial charge on any atom is -0.507 e. The molecule has 0 saturated carbocycles. The summed E-state index contributed by atoms with van der Waals surface area (Å²) in [5.74, 6) is 3.40. The molecule has 7 rings (SSSR count). The zero-order chi connectivity index (χ0) is 50.8. The number of phenolic OH excluding ortho intramolecular Hbond substituents is 2. The zero-order valence-electron chi connectivity index (χ0n) is 46.2. The molecule has 3 aromatic carbocycles. The van der Waals surface area contributed by atoms with E-state index in [9.17, 15) is 10.2 Å². The Labute approximate surface area is 423 Å². The van der Waals surface area contributed by atoms with Gasteiger partial charge in [-0.3, -0.25) is 38.7 Å². The third-order valence-electron chi connectivity index (χ3n) is 15.2. The first-order chi connectivity index (χ1) is 32.9. The van der Waals surface area contributed by atoms with Crippen molar-refractivity contribution in [3.05, 3.63) is 80.9 Å². The van der Waals surface area contributed by atoms with Gasteiger partial charge in [-0.05, 0) is 107 Å². The van der Waals surface area contributed by atoms with Crippen molar-refractivity contribution in [3.8, 4) is 11.5 Å². The third kappa shape index (κ3) is 12.6. The lowest BCUT2D eigenvalue weighted by molar-refractivity contribution is -0.515. The Hall–Kier alpha value is -4.86. The molecule has 10 heteroatoms. The van der Waals surface area contributed by atoms with Crippen LogP contribution in [0.25, 0.3) is 0 Å². The monoisotopic (exact) mass is 957 g/mol. The second kappa shape index (κ2) is 21.5. The van der Waals surface area contributed by atoms with Gasteiger partial charge >= 0.3 is 11.9 Å². The summed E-state index contributed by atoms with van der Waals surface area (Å²) in [5.41, 5.74) is 9.01. The summed E-state index contributed by atoms with van der Waals surface area (Å²) in [7, 11) is 4.53. The Morgan fingerprint density at radius 2 is 0.857 bits per heavy atom. The molecule has 2 N–H and O–H groups in total. The second-order valence-corrected chi connectivity index (χ2v) is 25.3. The fourth-order valence-corrected chi connectivity index (χ4v) is 11.1. The molecule has 3 aromatic rings. The van der Waals surface area contributed by atoms with Crippen molar-refractivity contribution < 1.29 is 19.4 Å². The van der Waals surface area contributed by atoms with Crippen molar-refractivity contribution in [1.82, 2.24) is 19.6 Å². The van der Waals surface area contributed by atoms with Gasteiger partial charge in [0.05, 0.1) is 90.9 Å². The highest BCUT2D eigenvalue weighted by atomic mass is 16.3. The minimum absolute atomic E-state index is 0.119. The van der Waals surface area contributed by atoms with Crippen LogP contribution in [0.1, 0.15) is 179 Å². The summed E-state index contributed by atoms with van der Waals surface area (Å²) in [6.07, 6.45) is 14.9. The number of hydrogen-bond acceptors (Lipinski definition) is 8. The highest BCUT2D eigenvalue weighted by Gasteiger charge is 2.36. The molecule has 10 nitrogen and oxygen atoms in total. The number of guanidine groups is 2. The van der Waals surface area contributed by atoms with E-state index in [1.54, 1.807) is 0 Å². The van der Waals surface area contributed by atoms with E-state index < -0.39 is 0 Å². The largest absolute Gasteiger partial charge is 0.507 e. The summed E-state index contributed by atoms with van der Waals surface area (Å²) in [4.78, 5) is 21.1. The van der Waals surface area contributed by atoms with E-state index in [0.717, 1.165) is 111 Å². The van der Waals surface area contributed by atoms with Gasteiger partial charge < -0.3 is 10.2 Å². The van der Waals surface area contributed by atoms with Crippen LogP contribution in [0.5, 0.6) is 11.5 Å². The van der Waals surface area contributed by atoms with Crippen molar-refractivity contribution in [3.63, 3.8) is 0 Å². The molecule has 4 heterocycles. The van der Waals surface area contributed by atoms with E-state index >= 15 is 0 Å². The highest BCUT2D eigenvalue weighted by Crippen LogP contribution is 2.41. The lowest BCUT2D eigenvalue weighted by atomic mass is 9.79. The quantitative estimate of drug-likeness (QED) is 0.0951. The molecule has 4 aliphatic heterocycles. The lowest BCUT2D eigenvalue weighted by Gasteiger charge is -2.36. The number of unbranched alkanes of at least 4 members (excludes halogenated alkanes) is 2. The van der Waals surface area contributed by atoms with Gasteiger partial charge in [-0.1, -0.05) is 95.2 Å². The summed E-state index contributed by atoms with van der Waals surface area (Å²) in [6, 6.07) is 13.1. The van der Waals surface area contributed by atoms with Crippen LogP contribution < -0.4 is 0 Å². The van der Waals surface area contributed by atoms with Crippen LogP contribution in [0.3, 0.4) is 0 Å². The molecule has 0 atom stereocenters. The van der Waals surface area contributed by atoms with Gasteiger partial charge in [0.15, 0.2) is 0 Å². The van der Waals surface area contributed by atoms with Crippen molar-refractivity contribution in [2.24, 2.45) is 9.98 Å². The van der Waals surface area contributed by atoms with Crippen molar-refractivity contribution in [2.75, 3.05) is 79.5 Å². The highest BCUT2D eigenvalue weighted by molar-refractivity contribution is 5.91. The topological polar surface area (TPSA) is 84.2 Å². The van der Waals surface area contributed by atoms with Gasteiger partial charge in [0, 0.05) is 60.4 Å². The van der Waals surface area contributed by atoms with Crippen LogP contribution in [-0.2, 0) is 34.5 Å². The molecule has 0 radical (unpaired) electrons. The van der Waals surface area contributed by atoms with Gasteiger partial charge in [0.2, 0.25) is 0 Å². The molecule has 0 aliphatic carbocycles. The molecule has 2 fully saturated rings. The van der Waals surface area contributed by atoms with Crippen LogP contribution in [0.4, 0.5) is 11.4 Å². The first-order valence-electron chi connectivity index (χ1n) is 27.1. The maximum Gasteiger partial charge on any atom is 0.350 e. The number of fused-ring (bicyclic) bond motifs is 2. The smallest absolute Gasteiger partial charge is 0.350 e. The average Bonchev–Trinajstić information content (AvgIpc) is 3.27. The Bertz CT molecular complexity index is 2300. The molecule has 0 bridgehead atoms. The van der Waals surface area contributed by atoms with Gasteiger partial charge in [-0.15, -0.1) is 0 Å². The molecular formula is C60H92N8O2+2. The second-order valence-electron chi connectivity index (χ2n) is 25.3. The Morgan fingerprint density at radius 3 is 1.21 bits per heavy atom. The predicted molar refractivity (Wildman–Crippen MR) is 295 cm³/mol. The number of aromatic hydroxyl groups is 2. The lowest BCUT2D eigenvalue weighted by Crippen LogP contribution is -2.57. The number of hydrogen-bond donors (Lipinski definition) is 2. The van der Waals surface area contributed by atoms with Crippen molar-refractivity contribution in [1.29, 1.82) is 0 Å². The molecule has 0 unspecified atom stereocenters. The van der Waals surface area contributed by atoms with Crippen molar-refractivity contribution in [2.45, 2.75) is 169 Å². The molecule has 0 spiro atoms. The van der Waals surface area contributed by atoms with Crippen LogP contribution >= 0.6 is 0 Å². The standard InChI is InChI=1S/C60H90N8O2/c1-57(2,3)47-35-45(53(69)49(39-47)59(7,8)9)41-61-51-37-43(23-15-17-27-65-31-21-33-67-29-19-25-63(13)55(65)67)44(24-16-18-28-66-32-22-34-68-30-20-26-64(14)56(66)68)38-52(51)62-42-46-36-48(58(4,5)6)40-50(54(46)70)60(10,11)12/h35-42H,15-34H2,1-14H3/p+2. The van der Waals surface area contributed by atoms with Crippen LogP contribution in [0.2, 0.25) is 0 Å². The third-order valence-corrected chi connectivity index (χ3v) is 15.2. The van der Waals surface area contributed by atoms with Crippen LogP contribution in [-0.4, -0.2) is 143 Å². The van der Waals surface area contributed by atoms with Crippen LogP contribution in [0, 0.1) is 0 Å². The van der Waals surface area contributed by atoms with Gasteiger partial charge in [0.25, 0.3) is 0 Å². The maximum atomic E-state index is 11.9.